The quantitative estimate of drug-likeness (QED) is 0.530. The van der Waals surface area contributed by atoms with Crippen molar-refractivity contribution in [1.82, 2.24) is 5.32 Å². The Morgan fingerprint density at radius 1 is 1.14 bits per heavy atom. The van der Waals surface area contributed by atoms with Gasteiger partial charge in [-0.15, -0.1) is 0 Å². The van der Waals surface area contributed by atoms with Gasteiger partial charge in [-0.3, -0.25) is 4.79 Å². The Morgan fingerprint density at radius 3 is 2.48 bits per heavy atom. The first kappa shape index (κ1) is 21.5. The van der Waals surface area contributed by atoms with E-state index in [1.807, 2.05) is 38.1 Å². The Bertz CT molecular complexity index is 901. The maximum Gasteiger partial charge on any atom is 0.417 e. The number of alkyl halides is 3. The van der Waals surface area contributed by atoms with Crippen LogP contribution in [-0.4, -0.2) is 11.9 Å². The molecule has 29 heavy (non-hydrogen) atoms. The van der Waals surface area contributed by atoms with E-state index in [0.717, 1.165) is 47.5 Å². The Balaban J connectivity index is 1.84. The lowest BCUT2D eigenvalue weighted by Crippen LogP contribution is -2.38. The molecule has 6 heteroatoms. The van der Waals surface area contributed by atoms with E-state index in [1.54, 1.807) is 6.07 Å². The third-order valence-corrected chi connectivity index (χ3v) is 6.12. The van der Waals surface area contributed by atoms with Crippen LogP contribution in [0.1, 0.15) is 55.7 Å². The lowest BCUT2D eigenvalue weighted by molar-refractivity contribution is -0.139. The third-order valence-electron chi connectivity index (χ3n) is 4.95. The van der Waals surface area contributed by atoms with E-state index in [4.69, 9.17) is 0 Å². The van der Waals surface area contributed by atoms with Gasteiger partial charge >= 0.3 is 6.18 Å². The molecule has 0 atom stereocenters. The summed E-state index contributed by atoms with van der Waals surface area (Å²) in [5.41, 5.74) is 0.674. The summed E-state index contributed by atoms with van der Waals surface area (Å²) in [5.74, 6) is -0.0583. The summed E-state index contributed by atoms with van der Waals surface area (Å²) in [6.07, 6.45) is 1.27. The number of halogens is 3. The van der Waals surface area contributed by atoms with Gasteiger partial charge in [0.2, 0.25) is 5.91 Å². The minimum absolute atomic E-state index is 0.154. The molecule has 1 fully saturated rings. The van der Waals surface area contributed by atoms with E-state index in [0.29, 0.717) is 5.56 Å². The maximum atomic E-state index is 13.7. The molecule has 2 nitrogen and oxygen atoms in total. The topological polar surface area (TPSA) is 29.1 Å². The Morgan fingerprint density at radius 2 is 1.86 bits per heavy atom. The first-order valence-corrected chi connectivity index (χ1v) is 10.5. The third kappa shape index (κ3) is 5.66. The van der Waals surface area contributed by atoms with Gasteiger partial charge in [-0.1, -0.05) is 49.9 Å². The highest BCUT2D eigenvalue weighted by atomic mass is 32.2. The molecule has 0 unspecified atom stereocenters. The number of carbonyl (C=O) groups is 1. The standard InChI is InChI=1S/C23H24F3NOS/c1-15(2)18-8-3-4-9-20(18)29-21-12-10-16(14-19(21)23(24,25)26)11-13-22(28)27-17-6-5-7-17/h3-4,8-15,17H,5-7H2,1-2H3,(H,27,28)/b13-11+. The summed E-state index contributed by atoms with van der Waals surface area (Å²) in [4.78, 5) is 12.9. The number of amides is 1. The molecule has 0 bridgehead atoms. The lowest BCUT2D eigenvalue weighted by Gasteiger charge is -2.25. The molecule has 1 N–H and O–H groups in total. The van der Waals surface area contributed by atoms with Crippen molar-refractivity contribution in [3.8, 4) is 0 Å². The highest BCUT2D eigenvalue weighted by Crippen LogP contribution is 2.42. The van der Waals surface area contributed by atoms with E-state index >= 15 is 0 Å². The van der Waals surface area contributed by atoms with Crippen LogP contribution < -0.4 is 5.32 Å². The maximum absolute atomic E-state index is 13.7. The van der Waals surface area contributed by atoms with E-state index in [2.05, 4.69) is 5.32 Å². The van der Waals surface area contributed by atoms with Gasteiger partial charge in [-0.05, 0) is 60.6 Å². The number of hydrogen-bond donors (Lipinski definition) is 1. The number of carbonyl (C=O) groups excluding carboxylic acids is 1. The fourth-order valence-corrected chi connectivity index (χ4v) is 4.33. The minimum Gasteiger partial charge on any atom is -0.350 e. The molecule has 0 aromatic heterocycles. The second-order valence-corrected chi connectivity index (χ2v) is 8.60. The summed E-state index contributed by atoms with van der Waals surface area (Å²) in [7, 11) is 0. The molecular weight excluding hydrogens is 395 g/mol. The van der Waals surface area contributed by atoms with Crippen LogP contribution in [-0.2, 0) is 11.0 Å². The summed E-state index contributed by atoms with van der Waals surface area (Å²) < 4.78 is 41.1. The Hall–Kier alpha value is -2.21. The number of benzene rings is 2. The van der Waals surface area contributed by atoms with Gasteiger partial charge in [-0.2, -0.15) is 13.2 Å². The normalized spacial score (nSPS) is 15.0. The molecule has 0 aliphatic heterocycles. The Labute approximate surface area is 173 Å². The lowest BCUT2D eigenvalue weighted by atomic mass is 9.93. The van der Waals surface area contributed by atoms with Gasteiger partial charge in [0.1, 0.15) is 0 Å². The molecule has 0 spiro atoms. The van der Waals surface area contributed by atoms with Crippen LogP contribution >= 0.6 is 11.8 Å². The zero-order valence-corrected chi connectivity index (χ0v) is 17.2. The van der Waals surface area contributed by atoms with Gasteiger partial charge in [0, 0.05) is 21.9 Å². The fraction of sp³-hybridized carbons (Fsp3) is 0.348. The minimum atomic E-state index is -4.48. The van der Waals surface area contributed by atoms with Crippen molar-refractivity contribution in [2.45, 2.75) is 61.0 Å². The molecular formula is C23H24F3NOS. The number of nitrogens with one attached hydrogen (secondary N) is 1. The smallest absolute Gasteiger partial charge is 0.350 e. The Kier molecular flexibility index (Phi) is 6.73. The van der Waals surface area contributed by atoms with Crippen LogP contribution in [0.4, 0.5) is 13.2 Å². The second kappa shape index (κ2) is 9.08. The fourth-order valence-electron chi connectivity index (χ4n) is 3.10. The highest BCUT2D eigenvalue weighted by Gasteiger charge is 2.34. The molecule has 1 aliphatic carbocycles. The van der Waals surface area contributed by atoms with Gasteiger partial charge in [0.15, 0.2) is 0 Å². The predicted octanol–water partition coefficient (Wildman–Crippen LogP) is 6.66. The molecule has 0 saturated heterocycles. The van der Waals surface area contributed by atoms with Gasteiger partial charge < -0.3 is 5.32 Å². The van der Waals surface area contributed by atoms with Crippen LogP contribution in [0, 0.1) is 0 Å². The molecule has 1 aliphatic rings. The van der Waals surface area contributed by atoms with Crippen molar-refractivity contribution < 1.29 is 18.0 Å². The van der Waals surface area contributed by atoms with E-state index in [9.17, 15) is 18.0 Å². The van der Waals surface area contributed by atoms with E-state index in [-0.39, 0.29) is 22.8 Å². The van der Waals surface area contributed by atoms with Crippen molar-refractivity contribution in [2.75, 3.05) is 0 Å². The van der Waals surface area contributed by atoms with Crippen LogP contribution in [0.25, 0.3) is 6.08 Å². The monoisotopic (exact) mass is 419 g/mol. The van der Waals surface area contributed by atoms with Gasteiger partial charge in [0.05, 0.1) is 5.56 Å². The molecule has 0 radical (unpaired) electrons. The molecule has 1 saturated carbocycles. The summed E-state index contributed by atoms with van der Waals surface area (Å²) in [6, 6.07) is 11.9. The molecule has 154 valence electrons. The summed E-state index contributed by atoms with van der Waals surface area (Å²) >= 11 is 1.12. The van der Waals surface area contributed by atoms with Crippen LogP contribution in [0.2, 0.25) is 0 Å². The number of hydrogen-bond acceptors (Lipinski definition) is 2. The van der Waals surface area contributed by atoms with Crippen LogP contribution in [0.15, 0.2) is 58.3 Å². The van der Waals surface area contributed by atoms with Crippen molar-refractivity contribution in [2.24, 2.45) is 0 Å². The van der Waals surface area contributed by atoms with Gasteiger partial charge in [0.25, 0.3) is 0 Å². The van der Waals surface area contributed by atoms with Crippen LogP contribution in [0.3, 0.4) is 0 Å². The average Bonchev–Trinajstić information content (AvgIpc) is 2.63. The molecule has 1 amide bonds. The van der Waals surface area contributed by atoms with E-state index < -0.39 is 11.7 Å². The first-order valence-electron chi connectivity index (χ1n) is 9.70. The first-order chi connectivity index (χ1) is 13.7. The van der Waals surface area contributed by atoms with E-state index in [1.165, 1.54) is 18.2 Å². The van der Waals surface area contributed by atoms with Crippen LogP contribution in [0.5, 0.6) is 0 Å². The molecule has 2 aromatic rings. The summed E-state index contributed by atoms with van der Waals surface area (Å²) in [5, 5.41) is 2.84. The van der Waals surface area contributed by atoms with Crippen molar-refractivity contribution in [3.63, 3.8) is 0 Å². The average molecular weight is 420 g/mol. The van der Waals surface area contributed by atoms with Crippen molar-refractivity contribution >= 4 is 23.7 Å². The molecule has 3 rings (SSSR count). The molecule has 2 aromatic carbocycles. The largest absolute Gasteiger partial charge is 0.417 e. The zero-order valence-electron chi connectivity index (χ0n) is 16.4. The number of rotatable bonds is 6. The zero-order chi connectivity index (χ0) is 21.0. The van der Waals surface area contributed by atoms with Crippen molar-refractivity contribution in [1.29, 1.82) is 0 Å². The SMILES string of the molecule is CC(C)c1ccccc1Sc1ccc(/C=C/C(=O)NC2CCC2)cc1C(F)(F)F. The van der Waals surface area contributed by atoms with Crippen molar-refractivity contribution in [3.05, 3.63) is 65.2 Å². The van der Waals surface area contributed by atoms with Gasteiger partial charge in [-0.25, -0.2) is 0 Å². The second-order valence-electron chi connectivity index (χ2n) is 7.52. The highest BCUT2D eigenvalue weighted by molar-refractivity contribution is 7.99. The predicted molar refractivity (Wildman–Crippen MR) is 111 cm³/mol. The molecule has 0 heterocycles. The summed E-state index contributed by atoms with van der Waals surface area (Å²) in [6.45, 7) is 4.04.